The van der Waals surface area contributed by atoms with Crippen LogP contribution in [0, 0.1) is 6.92 Å². The Balaban J connectivity index is 2.05. The van der Waals surface area contributed by atoms with Gasteiger partial charge in [0, 0.05) is 22.2 Å². The summed E-state index contributed by atoms with van der Waals surface area (Å²) in [4.78, 5) is 3.27. The van der Waals surface area contributed by atoms with Gasteiger partial charge in [0.1, 0.15) is 0 Å². The average Bonchev–Trinajstić information content (AvgIpc) is 2.81. The molecule has 1 aromatic heterocycles. The normalized spacial score (nSPS) is 11.8. The van der Waals surface area contributed by atoms with Crippen molar-refractivity contribution in [3.05, 3.63) is 77.5 Å². The fourth-order valence-electron chi connectivity index (χ4n) is 2.67. The molecule has 0 aliphatic heterocycles. The molecule has 0 bridgehead atoms. The highest BCUT2D eigenvalue weighted by Gasteiger charge is 2.30. The fourth-order valence-corrected chi connectivity index (χ4v) is 2.67. The van der Waals surface area contributed by atoms with E-state index in [4.69, 9.17) is 0 Å². The summed E-state index contributed by atoms with van der Waals surface area (Å²) in [6, 6.07) is 12.9. The zero-order valence-electron chi connectivity index (χ0n) is 12.0. The quantitative estimate of drug-likeness (QED) is 0.638. The van der Waals surface area contributed by atoms with Crippen LogP contribution in [0.4, 0.5) is 13.2 Å². The Labute approximate surface area is 126 Å². The number of nitrogens with one attached hydrogen (secondary N) is 1. The zero-order chi connectivity index (χ0) is 15.9. The first-order valence-electron chi connectivity index (χ1n) is 6.82. The lowest BCUT2D eigenvalue weighted by Crippen LogP contribution is -2.04. The number of aromatic nitrogens is 1. The van der Waals surface area contributed by atoms with Gasteiger partial charge in [-0.25, -0.2) is 0 Å². The molecule has 0 atom stereocenters. The number of para-hydroxylation sites is 1. The van der Waals surface area contributed by atoms with Gasteiger partial charge in [0.05, 0.1) is 5.56 Å². The van der Waals surface area contributed by atoms with Crippen molar-refractivity contribution in [2.24, 2.45) is 0 Å². The third-order valence-electron chi connectivity index (χ3n) is 3.76. The van der Waals surface area contributed by atoms with E-state index < -0.39 is 11.7 Å². The van der Waals surface area contributed by atoms with E-state index in [1.165, 1.54) is 12.1 Å². The number of fused-ring (bicyclic) bond motifs is 1. The van der Waals surface area contributed by atoms with Gasteiger partial charge in [-0.05, 0) is 36.3 Å². The molecule has 1 heterocycles. The van der Waals surface area contributed by atoms with Gasteiger partial charge < -0.3 is 4.98 Å². The third-order valence-corrected chi connectivity index (χ3v) is 3.76. The summed E-state index contributed by atoms with van der Waals surface area (Å²) in [5.74, 6) is 0. The highest BCUT2D eigenvalue weighted by molar-refractivity contribution is 5.97. The number of aryl methyl sites for hydroxylation is 1. The van der Waals surface area contributed by atoms with Crippen molar-refractivity contribution in [1.29, 1.82) is 0 Å². The molecule has 1 nitrogen and oxygen atoms in total. The molecule has 3 aromatic rings. The molecule has 22 heavy (non-hydrogen) atoms. The Bertz CT molecular complexity index is 839. The highest BCUT2D eigenvalue weighted by Crippen LogP contribution is 2.34. The summed E-state index contributed by atoms with van der Waals surface area (Å²) in [6.07, 6.45) is -4.32. The molecule has 0 radical (unpaired) electrons. The molecule has 0 fully saturated rings. The van der Waals surface area contributed by atoms with Gasteiger partial charge in [0.15, 0.2) is 0 Å². The van der Waals surface area contributed by atoms with Crippen molar-refractivity contribution in [1.82, 2.24) is 4.98 Å². The van der Waals surface area contributed by atoms with Crippen LogP contribution in [0.15, 0.2) is 55.1 Å². The van der Waals surface area contributed by atoms with Gasteiger partial charge in [-0.2, -0.15) is 13.2 Å². The minimum Gasteiger partial charge on any atom is -0.358 e. The maximum atomic E-state index is 12.6. The molecule has 0 saturated carbocycles. The number of aromatic amines is 1. The van der Waals surface area contributed by atoms with Crippen LogP contribution < -0.4 is 0 Å². The molecule has 0 amide bonds. The standard InChI is InChI=1S/C18H14F3N/c1-11(13-7-9-14(10-8-13)18(19,20)21)17-12(2)22-16-6-4-3-5-15(16)17/h3-10,22H,1H2,2H3. The van der Waals surface area contributed by atoms with Crippen LogP contribution in [0.25, 0.3) is 16.5 Å². The molecule has 4 heteroatoms. The van der Waals surface area contributed by atoms with Crippen molar-refractivity contribution in [2.75, 3.05) is 0 Å². The Morgan fingerprint density at radius 2 is 1.64 bits per heavy atom. The number of H-pyrrole nitrogens is 1. The van der Waals surface area contributed by atoms with Crippen molar-refractivity contribution >= 4 is 16.5 Å². The van der Waals surface area contributed by atoms with Crippen molar-refractivity contribution in [3.8, 4) is 0 Å². The lowest BCUT2D eigenvalue weighted by molar-refractivity contribution is -0.137. The Morgan fingerprint density at radius 3 is 2.27 bits per heavy atom. The number of hydrogen-bond donors (Lipinski definition) is 1. The molecule has 112 valence electrons. The van der Waals surface area contributed by atoms with Crippen LogP contribution in [-0.4, -0.2) is 4.98 Å². The molecule has 0 aliphatic carbocycles. The van der Waals surface area contributed by atoms with Crippen LogP contribution in [0.3, 0.4) is 0 Å². The first-order valence-corrected chi connectivity index (χ1v) is 6.82. The maximum absolute atomic E-state index is 12.6. The van der Waals surface area contributed by atoms with E-state index in [9.17, 15) is 13.2 Å². The van der Waals surface area contributed by atoms with Gasteiger partial charge in [0.2, 0.25) is 0 Å². The van der Waals surface area contributed by atoms with E-state index in [0.717, 1.165) is 34.3 Å². The largest absolute Gasteiger partial charge is 0.416 e. The zero-order valence-corrected chi connectivity index (χ0v) is 12.0. The molecule has 3 rings (SSSR count). The van der Waals surface area contributed by atoms with Crippen molar-refractivity contribution in [2.45, 2.75) is 13.1 Å². The molecular weight excluding hydrogens is 287 g/mol. The summed E-state index contributed by atoms with van der Waals surface area (Å²) in [6.45, 7) is 6.00. The summed E-state index contributed by atoms with van der Waals surface area (Å²) in [5.41, 5.74) is 3.62. The first kappa shape index (κ1) is 14.4. The van der Waals surface area contributed by atoms with Gasteiger partial charge in [0.25, 0.3) is 0 Å². The van der Waals surface area contributed by atoms with Gasteiger partial charge >= 0.3 is 6.18 Å². The third kappa shape index (κ3) is 2.41. The summed E-state index contributed by atoms with van der Waals surface area (Å²) in [7, 11) is 0. The molecule has 0 saturated heterocycles. The molecule has 0 aliphatic rings. The van der Waals surface area contributed by atoms with Crippen LogP contribution in [0.1, 0.15) is 22.4 Å². The minimum absolute atomic E-state index is 0.653. The molecule has 1 N–H and O–H groups in total. The summed E-state index contributed by atoms with van der Waals surface area (Å²) in [5, 5.41) is 1.02. The Morgan fingerprint density at radius 1 is 1.00 bits per heavy atom. The van der Waals surface area contributed by atoms with Crippen LogP contribution >= 0.6 is 0 Å². The molecule has 0 spiro atoms. The van der Waals surface area contributed by atoms with E-state index in [2.05, 4.69) is 11.6 Å². The molecule has 0 unspecified atom stereocenters. The highest BCUT2D eigenvalue weighted by atomic mass is 19.4. The van der Waals surface area contributed by atoms with E-state index >= 15 is 0 Å². The van der Waals surface area contributed by atoms with E-state index in [0.29, 0.717) is 11.1 Å². The van der Waals surface area contributed by atoms with E-state index in [1.807, 2.05) is 31.2 Å². The second-order valence-electron chi connectivity index (χ2n) is 5.22. The van der Waals surface area contributed by atoms with Gasteiger partial charge in [-0.1, -0.05) is 36.9 Å². The van der Waals surface area contributed by atoms with Crippen LogP contribution in [0.5, 0.6) is 0 Å². The van der Waals surface area contributed by atoms with Crippen molar-refractivity contribution < 1.29 is 13.2 Å². The predicted molar refractivity (Wildman–Crippen MR) is 82.6 cm³/mol. The number of rotatable bonds is 2. The SMILES string of the molecule is C=C(c1ccc(C(F)(F)F)cc1)c1c(C)[nH]c2ccccc12. The number of benzene rings is 2. The topological polar surface area (TPSA) is 15.8 Å². The Hall–Kier alpha value is -2.49. The molecular formula is C18H14F3N. The van der Waals surface area contributed by atoms with Crippen LogP contribution in [0.2, 0.25) is 0 Å². The van der Waals surface area contributed by atoms with E-state index in [1.54, 1.807) is 0 Å². The first-order chi connectivity index (χ1) is 10.4. The van der Waals surface area contributed by atoms with Gasteiger partial charge in [-0.3, -0.25) is 0 Å². The predicted octanol–water partition coefficient (Wildman–Crippen LogP) is 5.56. The minimum atomic E-state index is -4.32. The smallest absolute Gasteiger partial charge is 0.358 e. The second-order valence-corrected chi connectivity index (χ2v) is 5.22. The number of hydrogen-bond acceptors (Lipinski definition) is 0. The fraction of sp³-hybridized carbons (Fsp3) is 0.111. The van der Waals surface area contributed by atoms with E-state index in [-0.39, 0.29) is 0 Å². The Kier molecular flexibility index (Phi) is 3.32. The monoisotopic (exact) mass is 301 g/mol. The lowest BCUT2D eigenvalue weighted by atomic mass is 9.96. The summed E-state index contributed by atoms with van der Waals surface area (Å²) < 4.78 is 37.9. The molecule has 2 aromatic carbocycles. The average molecular weight is 301 g/mol. The number of halogens is 3. The summed E-state index contributed by atoms with van der Waals surface area (Å²) >= 11 is 0. The van der Waals surface area contributed by atoms with Gasteiger partial charge in [-0.15, -0.1) is 0 Å². The second kappa shape index (κ2) is 5.05. The number of alkyl halides is 3. The van der Waals surface area contributed by atoms with Crippen molar-refractivity contribution in [3.63, 3.8) is 0 Å². The maximum Gasteiger partial charge on any atom is 0.416 e. The van der Waals surface area contributed by atoms with Crippen LogP contribution in [-0.2, 0) is 6.18 Å². The lowest BCUT2D eigenvalue weighted by Gasteiger charge is -2.10.